The van der Waals surface area contributed by atoms with Crippen LogP contribution in [0.15, 0.2) is 84.9 Å². The smallest absolute Gasteiger partial charge is 0.255 e. The van der Waals surface area contributed by atoms with Gasteiger partial charge in [-0.3, -0.25) is 14.9 Å². The highest BCUT2D eigenvalue weighted by Crippen LogP contribution is 2.20. The Labute approximate surface area is 180 Å². The number of hydrogen-bond acceptors (Lipinski definition) is 3. The van der Waals surface area contributed by atoms with Crippen molar-refractivity contribution in [3.63, 3.8) is 0 Å². The van der Waals surface area contributed by atoms with E-state index in [1.807, 2.05) is 61.5 Å². The molecule has 0 saturated heterocycles. The third-order valence-corrected chi connectivity index (χ3v) is 4.44. The predicted molar refractivity (Wildman–Crippen MR) is 125 cm³/mol. The van der Waals surface area contributed by atoms with Crippen molar-refractivity contribution in [1.82, 2.24) is 5.32 Å². The average Bonchev–Trinajstić information content (AvgIpc) is 2.75. The molecule has 0 radical (unpaired) electrons. The summed E-state index contributed by atoms with van der Waals surface area (Å²) in [6, 6.07) is 24.0. The van der Waals surface area contributed by atoms with E-state index in [9.17, 15) is 9.59 Å². The van der Waals surface area contributed by atoms with Crippen molar-refractivity contribution in [2.24, 2.45) is 0 Å². The Hall–Kier alpha value is -3.77. The molecule has 3 rings (SSSR count). The summed E-state index contributed by atoms with van der Waals surface area (Å²) < 4.78 is 0. The van der Waals surface area contributed by atoms with Crippen molar-refractivity contribution in [2.45, 2.75) is 6.92 Å². The minimum atomic E-state index is -0.320. The molecular weight excluding hydrogens is 394 g/mol. The lowest BCUT2D eigenvalue weighted by atomic mass is 10.1. The van der Waals surface area contributed by atoms with E-state index in [-0.39, 0.29) is 16.9 Å². The van der Waals surface area contributed by atoms with Gasteiger partial charge in [-0.1, -0.05) is 48.5 Å². The Morgan fingerprint density at radius 1 is 0.867 bits per heavy atom. The lowest BCUT2D eigenvalue weighted by Gasteiger charge is -2.12. The third kappa shape index (κ3) is 6.12. The first kappa shape index (κ1) is 21.0. The molecule has 0 saturated carbocycles. The molecule has 2 amide bonds. The average molecular weight is 416 g/mol. The second-order valence-electron chi connectivity index (χ2n) is 6.54. The third-order valence-electron chi connectivity index (χ3n) is 4.23. The van der Waals surface area contributed by atoms with E-state index < -0.39 is 0 Å². The molecule has 5 nitrogen and oxygen atoms in total. The van der Waals surface area contributed by atoms with Crippen LogP contribution in [-0.2, 0) is 4.79 Å². The Morgan fingerprint density at radius 2 is 1.53 bits per heavy atom. The highest BCUT2D eigenvalue weighted by atomic mass is 32.1. The van der Waals surface area contributed by atoms with Crippen LogP contribution in [-0.4, -0.2) is 16.9 Å². The van der Waals surface area contributed by atoms with Crippen LogP contribution in [0.4, 0.5) is 11.4 Å². The molecule has 30 heavy (non-hydrogen) atoms. The highest BCUT2D eigenvalue weighted by molar-refractivity contribution is 7.80. The fourth-order valence-electron chi connectivity index (χ4n) is 2.72. The van der Waals surface area contributed by atoms with E-state index in [0.717, 1.165) is 11.1 Å². The first-order valence-electron chi connectivity index (χ1n) is 9.33. The molecule has 0 heterocycles. The van der Waals surface area contributed by atoms with Crippen LogP contribution in [0.2, 0.25) is 0 Å². The van der Waals surface area contributed by atoms with Gasteiger partial charge in [-0.2, -0.15) is 0 Å². The van der Waals surface area contributed by atoms with Crippen molar-refractivity contribution in [3.05, 3.63) is 102 Å². The number of anilines is 2. The maximum Gasteiger partial charge on any atom is 0.255 e. The van der Waals surface area contributed by atoms with Gasteiger partial charge in [-0.15, -0.1) is 0 Å². The van der Waals surface area contributed by atoms with E-state index >= 15 is 0 Å². The van der Waals surface area contributed by atoms with Gasteiger partial charge in [0.05, 0.1) is 0 Å². The fraction of sp³-hybridized carbons (Fsp3) is 0.0417. The molecule has 0 unspecified atom stereocenters. The number of thiocarbonyl (C=S) groups is 1. The zero-order valence-electron chi connectivity index (χ0n) is 16.4. The molecule has 3 N–H and O–H groups in total. The topological polar surface area (TPSA) is 70.2 Å². The Bertz CT molecular complexity index is 1080. The minimum Gasteiger partial charge on any atom is -0.332 e. The molecule has 150 valence electrons. The van der Waals surface area contributed by atoms with Crippen molar-refractivity contribution in [3.8, 4) is 0 Å². The molecule has 0 aliphatic rings. The summed E-state index contributed by atoms with van der Waals surface area (Å²) in [6.07, 6.45) is 3.14. The van der Waals surface area contributed by atoms with Gasteiger partial charge in [0.25, 0.3) is 5.91 Å². The Morgan fingerprint density at radius 3 is 2.20 bits per heavy atom. The number of amides is 2. The summed E-state index contributed by atoms with van der Waals surface area (Å²) in [5, 5.41) is 8.67. The van der Waals surface area contributed by atoms with Gasteiger partial charge in [0.15, 0.2) is 5.11 Å². The maximum absolute atomic E-state index is 12.3. The number of nitrogens with one attached hydrogen (secondary N) is 3. The summed E-state index contributed by atoms with van der Waals surface area (Å²) >= 11 is 5.21. The van der Waals surface area contributed by atoms with E-state index in [1.165, 1.54) is 6.08 Å². The first-order valence-corrected chi connectivity index (χ1v) is 9.74. The van der Waals surface area contributed by atoms with Crippen LogP contribution < -0.4 is 16.0 Å². The zero-order chi connectivity index (χ0) is 21.3. The molecule has 0 aliphatic carbocycles. The van der Waals surface area contributed by atoms with Crippen molar-refractivity contribution in [1.29, 1.82) is 0 Å². The Kier molecular flexibility index (Phi) is 7.08. The Balaban J connectivity index is 1.56. The lowest BCUT2D eigenvalue weighted by Crippen LogP contribution is -2.32. The summed E-state index contributed by atoms with van der Waals surface area (Å²) in [5.41, 5.74) is 3.79. The summed E-state index contributed by atoms with van der Waals surface area (Å²) in [4.78, 5) is 24.3. The van der Waals surface area contributed by atoms with Crippen LogP contribution in [0.1, 0.15) is 21.5 Å². The molecule has 0 aromatic heterocycles. The van der Waals surface area contributed by atoms with Gasteiger partial charge in [0.1, 0.15) is 0 Å². The van der Waals surface area contributed by atoms with Crippen LogP contribution in [0.3, 0.4) is 0 Å². The number of rotatable bonds is 5. The second-order valence-corrected chi connectivity index (χ2v) is 6.95. The SMILES string of the molecule is Cc1cc(NC(=S)NC(=O)/C=C/c2ccccc2)ccc1NC(=O)c1ccccc1. The standard InChI is InChI=1S/C24H21N3O2S/c1-17-16-20(13-14-21(17)26-23(29)19-10-6-3-7-11-19)25-24(30)27-22(28)15-12-18-8-4-2-5-9-18/h2-16H,1H3,(H,26,29)(H2,25,27,28,30)/b15-12+. The largest absolute Gasteiger partial charge is 0.332 e. The van der Waals surface area contributed by atoms with Gasteiger partial charge in [-0.25, -0.2) is 0 Å². The van der Waals surface area contributed by atoms with Crippen molar-refractivity contribution in [2.75, 3.05) is 10.6 Å². The molecule has 0 atom stereocenters. The van der Waals surface area contributed by atoms with Gasteiger partial charge in [-0.05, 0) is 66.7 Å². The van der Waals surface area contributed by atoms with Crippen LogP contribution in [0.25, 0.3) is 6.08 Å². The normalized spacial score (nSPS) is 10.4. The molecule has 0 aliphatic heterocycles. The molecule has 3 aromatic rings. The summed E-state index contributed by atoms with van der Waals surface area (Å²) in [7, 11) is 0. The molecule has 3 aromatic carbocycles. The van der Waals surface area contributed by atoms with Gasteiger partial charge >= 0.3 is 0 Å². The highest BCUT2D eigenvalue weighted by Gasteiger charge is 2.08. The quantitative estimate of drug-likeness (QED) is 0.415. The molecular formula is C24H21N3O2S. The molecule has 6 heteroatoms. The molecule has 0 bridgehead atoms. The van der Waals surface area contributed by atoms with E-state index in [4.69, 9.17) is 12.2 Å². The minimum absolute atomic E-state index is 0.174. The van der Waals surface area contributed by atoms with Gasteiger partial charge < -0.3 is 10.6 Å². The predicted octanol–water partition coefficient (Wildman–Crippen LogP) is 4.77. The monoisotopic (exact) mass is 415 g/mol. The second kappa shape index (κ2) is 10.1. The molecule has 0 spiro atoms. The lowest BCUT2D eigenvalue weighted by molar-refractivity contribution is -0.115. The van der Waals surface area contributed by atoms with Crippen molar-refractivity contribution >= 4 is 46.6 Å². The summed E-state index contributed by atoms with van der Waals surface area (Å²) in [5.74, 6) is -0.493. The number of carbonyl (C=O) groups is 2. The first-order chi connectivity index (χ1) is 14.5. The zero-order valence-corrected chi connectivity index (χ0v) is 17.2. The van der Waals surface area contributed by atoms with Crippen LogP contribution >= 0.6 is 12.2 Å². The van der Waals surface area contributed by atoms with Crippen LogP contribution in [0, 0.1) is 6.92 Å². The maximum atomic E-state index is 12.3. The number of carbonyl (C=O) groups excluding carboxylic acids is 2. The van der Waals surface area contributed by atoms with E-state index in [1.54, 1.807) is 30.3 Å². The number of hydrogen-bond donors (Lipinski definition) is 3. The molecule has 0 fully saturated rings. The fourth-order valence-corrected chi connectivity index (χ4v) is 2.94. The number of aryl methyl sites for hydroxylation is 1. The van der Waals surface area contributed by atoms with Gasteiger partial charge in [0, 0.05) is 23.0 Å². The van der Waals surface area contributed by atoms with Crippen molar-refractivity contribution < 1.29 is 9.59 Å². The van der Waals surface area contributed by atoms with E-state index in [0.29, 0.717) is 16.9 Å². The van der Waals surface area contributed by atoms with E-state index in [2.05, 4.69) is 16.0 Å². The van der Waals surface area contributed by atoms with Crippen LogP contribution in [0.5, 0.6) is 0 Å². The summed E-state index contributed by atoms with van der Waals surface area (Å²) in [6.45, 7) is 1.88. The van der Waals surface area contributed by atoms with Gasteiger partial charge in [0.2, 0.25) is 5.91 Å². The number of benzene rings is 3.